The normalized spacial score (nSPS) is 11.3. The van der Waals surface area contributed by atoms with E-state index in [9.17, 15) is 14.7 Å². The number of rotatable bonds is 8. The Labute approximate surface area is 102 Å². The Morgan fingerprint density at radius 2 is 1.65 bits per heavy atom. The van der Waals surface area contributed by atoms with E-state index >= 15 is 0 Å². The highest BCUT2D eigenvalue weighted by molar-refractivity contribution is 5.81. The van der Waals surface area contributed by atoms with E-state index in [0.717, 1.165) is 17.7 Å². The molecule has 0 aliphatic heterocycles. The molecule has 0 fully saturated rings. The summed E-state index contributed by atoms with van der Waals surface area (Å²) < 4.78 is 0. The molecule has 0 aromatic heterocycles. The average molecular weight is 245 g/mol. The van der Waals surface area contributed by atoms with Gasteiger partial charge in [0.25, 0.3) is 0 Å². The standard InChI is InChI=1S/C12H23NO4/c1-4-6-12(17,7-5-2)8-10(14)13(3)9-11(15)16/h17H,4-9H2,1-3H3,(H,15,16). The molecule has 0 heterocycles. The first-order valence-corrected chi connectivity index (χ1v) is 6.02. The Bertz CT molecular complexity index is 259. The van der Waals surface area contributed by atoms with Crippen LogP contribution in [0.3, 0.4) is 0 Å². The first-order chi connectivity index (χ1) is 7.84. The van der Waals surface area contributed by atoms with Gasteiger partial charge in [-0.2, -0.15) is 0 Å². The third kappa shape index (κ3) is 6.26. The number of likely N-dealkylation sites (N-methyl/N-ethyl adjacent to an activating group) is 1. The molecule has 5 nitrogen and oxygen atoms in total. The zero-order valence-corrected chi connectivity index (χ0v) is 10.9. The summed E-state index contributed by atoms with van der Waals surface area (Å²) in [5.74, 6) is -1.37. The van der Waals surface area contributed by atoms with Gasteiger partial charge in [0.15, 0.2) is 0 Å². The Balaban J connectivity index is 4.43. The van der Waals surface area contributed by atoms with Gasteiger partial charge in [-0.1, -0.05) is 26.7 Å². The Morgan fingerprint density at radius 3 is 2.00 bits per heavy atom. The van der Waals surface area contributed by atoms with E-state index in [1.807, 2.05) is 13.8 Å². The molecule has 0 aliphatic carbocycles. The van der Waals surface area contributed by atoms with Crippen molar-refractivity contribution in [2.75, 3.05) is 13.6 Å². The Hall–Kier alpha value is -1.10. The van der Waals surface area contributed by atoms with Crippen molar-refractivity contribution < 1.29 is 19.8 Å². The SMILES string of the molecule is CCCC(O)(CCC)CC(=O)N(C)CC(=O)O. The number of nitrogens with zero attached hydrogens (tertiary/aromatic N) is 1. The molecule has 0 unspecified atom stereocenters. The number of carboxylic acid groups (broad SMARTS) is 1. The maximum absolute atomic E-state index is 11.7. The quantitative estimate of drug-likeness (QED) is 0.674. The fourth-order valence-electron chi connectivity index (χ4n) is 1.94. The lowest BCUT2D eigenvalue weighted by molar-refractivity contribution is -0.145. The van der Waals surface area contributed by atoms with Crippen LogP contribution in [0.4, 0.5) is 0 Å². The predicted molar refractivity (Wildman–Crippen MR) is 64.7 cm³/mol. The van der Waals surface area contributed by atoms with E-state index in [2.05, 4.69) is 0 Å². The number of hydrogen-bond acceptors (Lipinski definition) is 3. The third-order valence-electron chi connectivity index (χ3n) is 2.71. The van der Waals surface area contributed by atoms with Crippen LogP contribution >= 0.6 is 0 Å². The van der Waals surface area contributed by atoms with Gasteiger partial charge >= 0.3 is 5.97 Å². The van der Waals surface area contributed by atoms with Gasteiger partial charge in [-0.05, 0) is 12.8 Å². The van der Waals surface area contributed by atoms with Gasteiger partial charge in [0, 0.05) is 7.05 Å². The van der Waals surface area contributed by atoms with Crippen LogP contribution in [0.25, 0.3) is 0 Å². The minimum Gasteiger partial charge on any atom is -0.480 e. The molecule has 1 amide bonds. The van der Waals surface area contributed by atoms with E-state index in [1.54, 1.807) is 0 Å². The molecule has 5 heteroatoms. The minimum absolute atomic E-state index is 0.00153. The van der Waals surface area contributed by atoms with E-state index in [0.29, 0.717) is 12.8 Å². The molecule has 0 spiro atoms. The highest BCUT2D eigenvalue weighted by Gasteiger charge is 2.29. The van der Waals surface area contributed by atoms with Gasteiger partial charge in [0.1, 0.15) is 6.54 Å². The fraction of sp³-hybridized carbons (Fsp3) is 0.833. The topological polar surface area (TPSA) is 77.8 Å². The van der Waals surface area contributed by atoms with Gasteiger partial charge in [-0.15, -0.1) is 0 Å². The molecule has 17 heavy (non-hydrogen) atoms. The van der Waals surface area contributed by atoms with Crippen molar-refractivity contribution in [1.29, 1.82) is 0 Å². The second-order valence-corrected chi connectivity index (χ2v) is 4.54. The molecule has 0 rings (SSSR count). The van der Waals surface area contributed by atoms with Gasteiger partial charge < -0.3 is 15.1 Å². The summed E-state index contributed by atoms with van der Waals surface area (Å²) in [4.78, 5) is 23.4. The number of hydrogen-bond donors (Lipinski definition) is 2. The Morgan fingerprint density at radius 1 is 1.18 bits per heavy atom. The van der Waals surface area contributed by atoms with Gasteiger partial charge in [-0.25, -0.2) is 0 Å². The van der Waals surface area contributed by atoms with Crippen LogP contribution in [0.2, 0.25) is 0 Å². The van der Waals surface area contributed by atoms with Crippen molar-refractivity contribution in [2.45, 2.75) is 51.6 Å². The van der Waals surface area contributed by atoms with Crippen molar-refractivity contribution in [2.24, 2.45) is 0 Å². The van der Waals surface area contributed by atoms with Crippen molar-refractivity contribution in [3.05, 3.63) is 0 Å². The predicted octanol–water partition coefficient (Wildman–Crippen LogP) is 1.25. The Kier molecular flexibility index (Phi) is 6.80. The van der Waals surface area contributed by atoms with Crippen LogP contribution in [0.15, 0.2) is 0 Å². The van der Waals surface area contributed by atoms with Crippen LogP contribution in [-0.2, 0) is 9.59 Å². The number of carboxylic acids is 1. The third-order valence-corrected chi connectivity index (χ3v) is 2.71. The van der Waals surface area contributed by atoms with Crippen molar-refractivity contribution in [3.8, 4) is 0 Å². The molecule has 0 saturated carbocycles. The second-order valence-electron chi connectivity index (χ2n) is 4.54. The molecule has 0 atom stereocenters. The van der Waals surface area contributed by atoms with Crippen LogP contribution in [-0.4, -0.2) is 46.2 Å². The number of carbonyl (C=O) groups is 2. The smallest absolute Gasteiger partial charge is 0.323 e. The number of amides is 1. The summed E-state index contributed by atoms with van der Waals surface area (Å²) >= 11 is 0. The molecular formula is C12H23NO4. The maximum Gasteiger partial charge on any atom is 0.323 e. The van der Waals surface area contributed by atoms with E-state index < -0.39 is 11.6 Å². The summed E-state index contributed by atoms with van der Waals surface area (Å²) in [6.45, 7) is 3.57. The fourth-order valence-corrected chi connectivity index (χ4v) is 1.94. The zero-order valence-electron chi connectivity index (χ0n) is 10.9. The average Bonchev–Trinajstić information content (AvgIpc) is 2.16. The second kappa shape index (κ2) is 7.27. The maximum atomic E-state index is 11.7. The lowest BCUT2D eigenvalue weighted by Crippen LogP contribution is -2.39. The van der Waals surface area contributed by atoms with Crippen molar-refractivity contribution in [1.82, 2.24) is 4.90 Å². The van der Waals surface area contributed by atoms with E-state index in [4.69, 9.17) is 5.11 Å². The van der Waals surface area contributed by atoms with Crippen LogP contribution in [0.1, 0.15) is 46.0 Å². The first-order valence-electron chi connectivity index (χ1n) is 6.02. The molecule has 0 radical (unpaired) electrons. The number of aliphatic hydroxyl groups is 1. The first kappa shape index (κ1) is 15.9. The van der Waals surface area contributed by atoms with Gasteiger partial charge in [0.2, 0.25) is 5.91 Å². The number of carbonyl (C=O) groups excluding carboxylic acids is 1. The highest BCUT2D eigenvalue weighted by Crippen LogP contribution is 2.24. The summed E-state index contributed by atoms with van der Waals surface area (Å²) in [7, 11) is 1.44. The molecular weight excluding hydrogens is 222 g/mol. The van der Waals surface area contributed by atoms with E-state index in [-0.39, 0.29) is 18.9 Å². The molecule has 2 N–H and O–H groups in total. The highest BCUT2D eigenvalue weighted by atomic mass is 16.4. The van der Waals surface area contributed by atoms with Crippen LogP contribution in [0.5, 0.6) is 0 Å². The lowest BCUT2D eigenvalue weighted by atomic mass is 9.89. The van der Waals surface area contributed by atoms with Crippen molar-refractivity contribution in [3.63, 3.8) is 0 Å². The molecule has 100 valence electrons. The summed E-state index contributed by atoms with van der Waals surface area (Å²) in [5.41, 5.74) is -0.993. The minimum atomic E-state index is -1.05. The molecule has 0 saturated heterocycles. The molecule has 0 aromatic rings. The van der Waals surface area contributed by atoms with Crippen LogP contribution < -0.4 is 0 Å². The summed E-state index contributed by atoms with van der Waals surface area (Å²) in [6, 6.07) is 0. The van der Waals surface area contributed by atoms with E-state index in [1.165, 1.54) is 7.05 Å². The lowest BCUT2D eigenvalue weighted by Gasteiger charge is -2.28. The molecule has 0 aliphatic rings. The number of aliphatic carboxylic acids is 1. The molecule has 0 aromatic carbocycles. The van der Waals surface area contributed by atoms with Crippen molar-refractivity contribution >= 4 is 11.9 Å². The van der Waals surface area contributed by atoms with Crippen LogP contribution in [0, 0.1) is 0 Å². The monoisotopic (exact) mass is 245 g/mol. The van der Waals surface area contributed by atoms with Gasteiger partial charge in [-0.3, -0.25) is 9.59 Å². The summed E-state index contributed by atoms with van der Waals surface area (Å²) in [5, 5.41) is 18.9. The molecule has 0 bridgehead atoms. The van der Waals surface area contributed by atoms with Gasteiger partial charge in [0.05, 0.1) is 12.0 Å². The zero-order chi connectivity index (χ0) is 13.5. The largest absolute Gasteiger partial charge is 0.480 e. The summed E-state index contributed by atoms with van der Waals surface area (Å²) in [6.07, 6.45) is 2.72.